The van der Waals surface area contributed by atoms with Crippen LogP contribution >= 0.6 is 51.2 Å². The van der Waals surface area contributed by atoms with Crippen LogP contribution in [0.2, 0.25) is 0 Å². The predicted molar refractivity (Wildman–Crippen MR) is 107 cm³/mol. The first-order valence-electron chi connectivity index (χ1n) is 6.65. The molecule has 1 saturated carbocycles. The lowest BCUT2D eigenvalue weighted by Gasteiger charge is -2.06. The number of nitrogens with two attached hydrogens (primary N) is 1. The van der Waals surface area contributed by atoms with Gasteiger partial charge in [-0.3, -0.25) is 0 Å². The van der Waals surface area contributed by atoms with Gasteiger partial charge in [0.25, 0.3) is 0 Å². The molecule has 1 fully saturated rings. The highest BCUT2D eigenvalue weighted by Gasteiger charge is 2.39. The van der Waals surface area contributed by atoms with E-state index in [2.05, 4.69) is 38.4 Å². The molecule has 1 heterocycles. The second-order valence-electron chi connectivity index (χ2n) is 4.92. The van der Waals surface area contributed by atoms with Crippen LogP contribution < -0.4 is 15.8 Å². The van der Waals surface area contributed by atoms with Crippen molar-refractivity contribution in [2.75, 3.05) is 12.4 Å². The van der Waals surface area contributed by atoms with E-state index in [1.54, 1.807) is 18.4 Å². The summed E-state index contributed by atoms with van der Waals surface area (Å²) in [6, 6.07) is 12.1. The number of hydrogen-bond acceptors (Lipinski definition) is 3. The number of guanidine groups is 1. The van der Waals surface area contributed by atoms with Crippen LogP contribution in [0.3, 0.4) is 0 Å². The zero-order valence-electron chi connectivity index (χ0n) is 12.0. The monoisotopic (exact) mass is 493 g/mol. The van der Waals surface area contributed by atoms with Gasteiger partial charge in [0.05, 0.1) is 16.9 Å². The maximum absolute atomic E-state index is 5.96. The maximum Gasteiger partial charge on any atom is 0.193 e. The quantitative estimate of drug-likeness (QED) is 0.376. The van der Waals surface area contributed by atoms with Crippen molar-refractivity contribution in [2.24, 2.45) is 10.7 Å². The molecule has 2 aromatic rings. The Labute approximate surface area is 159 Å². The third-order valence-electron chi connectivity index (χ3n) is 3.38. The maximum atomic E-state index is 5.96. The van der Waals surface area contributed by atoms with E-state index in [0.29, 0.717) is 17.9 Å². The molecule has 1 aromatic heterocycles. The smallest absolute Gasteiger partial charge is 0.193 e. The van der Waals surface area contributed by atoms with Crippen molar-refractivity contribution in [3.8, 4) is 5.75 Å². The summed E-state index contributed by atoms with van der Waals surface area (Å²) in [6.45, 7) is 0. The van der Waals surface area contributed by atoms with Crippen molar-refractivity contribution < 1.29 is 4.74 Å². The Balaban J connectivity index is 0.00000176. The molecule has 0 amide bonds. The highest BCUT2D eigenvalue weighted by atomic mass is 127. The van der Waals surface area contributed by atoms with Crippen molar-refractivity contribution in [1.29, 1.82) is 0 Å². The lowest BCUT2D eigenvalue weighted by Crippen LogP contribution is -2.23. The van der Waals surface area contributed by atoms with E-state index in [1.807, 2.05) is 24.3 Å². The fourth-order valence-electron chi connectivity index (χ4n) is 2.19. The number of methoxy groups -OCH3 is 1. The summed E-state index contributed by atoms with van der Waals surface area (Å²) in [7, 11) is 1.65. The fraction of sp³-hybridized carbons (Fsp3) is 0.267. The number of benzene rings is 1. The predicted octanol–water partition coefficient (Wildman–Crippen LogP) is 4.42. The van der Waals surface area contributed by atoms with E-state index < -0.39 is 0 Å². The summed E-state index contributed by atoms with van der Waals surface area (Å²) in [6.07, 6.45) is 1.07. The number of nitrogens with one attached hydrogen (secondary N) is 1. The van der Waals surface area contributed by atoms with Crippen LogP contribution in [0.4, 0.5) is 5.69 Å². The molecule has 0 bridgehead atoms. The van der Waals surface area contributed by atoms with E-state index in [-0.39, 0.29) is 24.0 Å². The molecule has 0 aliphatic heterocycles. The second-order valence-corrected chi connectivity index (χ2v) is 7.41. The SMILES string of the molecule is COc1ccc(NC(N)=N[C@@H]2C[C@H]2c2ccc(Br)s2)cc1.I. The van der Waals surface area contributed by atoms with Gasteiger partial charge in [0, 0.05) is 16.5 Å². The molecule has 118 valence electrons. The van der Waals surface area contributed by atoms with Crippen molar-refractivity contribution in [2.45, 2.75) is 18.4 Å². The molecule has 0 saturated heterocycles. The van der Waals surface area contributed by atoms with Crippen LogP contribution in [-0.4, -0.2) is 19.1 Å². The molecule has 7 heteroatoms. The number of hydrogen-bond donors (Lipinski definition) is 2. The van der Waals surface area contributed by atoms with Crippen LogP contribution in [-0.2, 0) is 0 Å². The highest BCUT2D eigenvalue weighted by molar-refractivity contribution is 14.0. The van der Waals surface area contributed by atoms with Crippen LogP contribution in [0.1, 0.15) is 17.2 Å². The van der Waals surface area contributed by atoms with E-state index in [9.17, 15) is 0 Å². The minimum Gasteiger partial charge on any atom is -0.497 e. The summed E-state index contributed by atoms with van der Waals surface area (Å²) in [5, 5.41) is 3.11. The van der Waals surface area contributed by atoms with Crippen LogP contribution in [0, 0.1) is 0 Å². The number of thiophene rings is 1. The Hall–Kier alpha value is -0.800. The number of halogens is 2. The molecule has 0 radical (unpaired) electrons. The molecule has 1 aliphatic carbocycles. The van der Waals surface area contributed by atoms with Gasteiger partial charge in [0.1, 0.15) is 5.75 Å². The molecule has 3 rings (SSSR count). The Kier molecular flexibility index (Phi) is 6.10. The van der Waals surface area contributed by atoms with Crippen molar-refractivity contribution >= 4 is 62.9 Å². The molecular formula is C15H17BrIN3OS. The van der Waals surface area contributed by atoms with Gasteiger partial charge in [0.15, 0.2) is 5.96 Å². The van der Waals surface area contributed by atoms with E-state index in [0.717, 1.165) is 21.6 Å². The van der Waals surface area contributed by atoms with Gasteiger partial charge in [-0.15, -0.1) is 35.3 Å². The van der Waals surface area contributed by atoms with Gasteiger partial charge in [0.2, 0.25) is 0 Å². The Morgan fingerprint density at radius 3 is 2.64 bits per heavy atom. The Morgan fingerprint density at radius 1 is 1.32 bits per heavy atom. The zero-order valence-corrected chi connectivity index (χ0v) is 16.7. The lowest BCUT2D eigenvalue weighted by atomic mass is 10.3. The van der Waals surface area contributed by atoms with Crippen molar-refractivity contribution in [1.82, 2.24) is 0 Å². The molecule has 1 aliphatic rings. The van der Waals surface area contributed by atoms with E-state index in [1.165, 1.54) is 4.88 Å². The third-order valence-corrected chi connectivity index (χ3v) is 5.14. The van der Waals surface area contributed by atoms with E-state index in [4.69, 9.17) is 10.5 Å². The number of aliphatic imine (C=N–C) groups is 1. The summed E-state index contributed by atoms with van der Waals surface area (Å²) < 4.78 is 6.29. The van der Waals surface area contributed by atoms with Gasteiger partial charge < -0.3 is 15.8 Å². The molecule has 22 heavy (non-hydrogen) atoms. The molecule has 1 aromatic carbocycles. The van der Waals surface area contributed by atoms with Gasteiger partial charge in [-0.05, 0) is 58.7 Å². The first kappa shape index (κ1) is 17.6. The summed E-state index contributed by atoms with van der Waals surface area (Å²) in [5.41, 5.74) is 6.87. The molecule has 2 atom stereocenters. The third kappa shape index (κ3) is 4.36. The summed E-state index contributed by atoms with van der Waals surface area (Å²) in [4.78, 5) is 5.91. The first-order chi connectivity index (χ1) is 10.2. The van der Waals surface area contributed by atoms with Crippen LogP contribution in [0.25, 0.3) is 0 Å². The molecule has 0 spiro atoms. The Morgan fingerprint density at radius 2 is 2.05 bits per heavy atom. The lowest BCUT2D eigenvalue weighted by molar-refractivity contribution is 0.415. The van der Waals surface area contributed by atoms with Crippen LogP contribution in [0.5, 0.6) is 5.75 Å². The largest absolute Gasteiger partial charge is 0.497 e. The number of anilines is 1. The second kappa shape index (κ2) is 7.65. The van der Waals surface area contributed by atoms with E-state index >= 15 is 0 Å². The molecule has 3 N–H and O–H groups in total. The molecular weight excluding hydrogens is 477 g/mol. The highest BCUT2D eigenvalue weighted by Crippen LogP contribution is 2.46. The molecule has 4 nitrogen and oxygen atoms in total. The summed E-state index contributed by atoms with van der Waals surface area (Å²) >= 11 is 5.26. The Bertz CT molecular complexity index is 659. The average molecular weight is 494 g/mol. The van der Waals surface area contributed by atoms with Gasteiger partial charge >= 0.3 is 0 Å². The first-order valence-corrected chi connectivity index (χ1v) is 8.26. The minimum atomic E-state index is 0. The van der Waals surface area contributed by atoms with Crippen molar-refractivity contribution in [3.63, 3.8) is 0 Å². The average Bonchev–Trinajstić information content (AvgIpc) is 3.10. The van der Waals surface area contributed by atoms with Crippen LogP contribution in [0.15, 0.2) is 45.2 Å². The summed E-state index contributed by atoms with van der Waals surface area (Å²) in [5.74, 6) is 1.79. The van der Waals surface area contributed by atoms with Gasteiger partial charge in [-0.1, -0.05) is 0 Å². The topological polar surface area (TPSA) is 59.6 Å². The molecule has 0 unspecified atom stereocenters. The standard InChI is InChI=1S/C15H16BrN3OS.HI/c1-20-10-4-2-9(3-5-10)18-15(17)19-12-8-11(12)13-6-7-14(16)21-13;/h2-7,11-12H,8H2,1H3,(H3,17,18,19);1H/t11-,12-;/m1./s1. The number of rotatable bonds is 4. The normalized spacial score (nSPS) is 20.2. The number of ether oxygens (including phenoxy) is 1. The fourth-order valence-corrected chi connectivity index (χ4v) is 3.79. The van der Waals surface area contributed by atoms with Gasteiger partial charge in [-0.25, -0.2) is 4.99 Å². The van der Waals surface area contributed by atoms with Gasteiger partial charge in [-0.2, -0.15) is 0 Å². The zero-order chi connectivity index (χ0) is 14.8. The minimum absolute atomic E-state index is 0. The number of nitrogens with zero attached hydrogens (tertiary/aromatic N) is 1. The van der Waals surface area contributed by atoms with Crippen molar-refractivity contribution in [3.05, 3.63) is 45.1 Å².